The first-order valence-electron chi connectivity index (χ1n) is 9.08. The lowest BCUT2D eigenvalue weighted by Crippen LogP contribution is -2.38. The summed E-state index contributed by atoms with van der Waals surface area (Å²) >= 11 is 0. The molecule has 1 aromatic carbocycles. The van der Waals surface area contributed by atoms with Crippen LogP contribution in [-0.2, 0) is 16.4 Å². The summed E-state index contributed by atoms with van der Waals surface area (Å²) in [4.78, 5) is 12.1. The van der Waals surface area contributed by atoms with Gasteiger partial charge >= 0.3 is 0 Å². The summed E-state index contributed by atoms with van der Waals surface area (Å²) in [5, 5.41) is 2.95. The number of amides is 1. The Hall–Kier alpha value is -1.40. The zero-order chi connectivity index (χ0) is 18.4. The van der Waals surface area contributed by atoms with Crippen LogP contribution in [0, 0.1) is 11.8 Å². The van der Waals surface area contributed by atoms with E-state index in [0.29, 0.717) is 37.0 Å². The third-order valence-electron chi connectivity index (χ3n) is 4.79. The Kier molecular flexibility index (Phi) is 7.02. The Morgan fingerprint density at radius 2 is 1.80 bits per heavy atom. The van der Waals surface area contributed by atoms with Crippen molar-refractivity contribution >= 4 is 15.9 Å². The van der Waals surface area contributed by atoms with Crippen LogP contribution in [0.5, 0.6) is 0 Å². The summed E-state index contributed by atoms with van der Waals surface area (Å²) in [5.41, 5.74) is 1.90. The van der Waals surface area contributed by atoms with Gasteiger partial charge in [-0.25, -0.2) is 12.7 Å². The van der Waals surface area contributed by atoms with Crippen molar-refractivity contribution in [3.63, 3.8) is 0 Å². The van der Waals surface area contributed by atoms with Gasteiger partial charge in [-0.15, -0.1) is 0 Å². The second-order valence-corrected chi connectivity index (χ2v) is 9.43. The molecular formula is C19H30N2O3S. The normalized spacial score (nSPS) is 17.0. The highest BCUT2D eigenvalue weighted by atomic mass is 32.2. The third-order valence-corrected chi connectivity index (χ3v) is 6.09. The molecule has 140 valence electrons. The lowest BCUT2D eigenvalue weighted by atomic mass is 9.91. The molecule has 0 radical (unpaired) electrons. The van der Waals surface area contributed by atoms with E-state index in [0.717, 1.165) is 25.7 Å². The summed E-state index contributed by atoms with van der Waals surface area (Å²) < 4.78 is 24.7. The average molecular weight is 367 g/mol. The summed E-state index contributed by atoms with van der Waals surface area (Å²) in [6.07, 6.45) is 4.98. The maximum absolute atomic E-state index is 12.1. The molecule has 1 amide bonds. The van der Waals surface area contributed by atoms with Crippen molar-refractivity contribution in [2.45, 2.75) is 39.5 Å². The van der Waals surface area contributed by atoms with Crippen LogP contribution >= 0.6 is 0 Å². The predicted molar refractivity (Wildman–Crippen MR) is 101 cm³/mol. The van der Waals surface area contributed by atoms with Gasteiger partial charge in [0.2, 0.25) is 10.0 Å². The SMILES string of the molecule is CC(C)CCNC(=O)c1ccc(CC2CCN(S(C)(=O)=O)CC2)cc1. The summed E-state index contributed by atoms with van der Waals surface area (Å²) in [7, 11) is -3.06. The monoisotopic (exact) mass is 366 g/mol. The fraction of sp³-hybridized carbons (Fsp3) is 0.632. The van der Waals surface area contributed by atoms with Crippen molar-refractivity contribution in [2.24, 2.45) is 11.8 Å². The Balaban J connectivity index is 1.82. The number of rotatable bonds is 7. The van der Waals surface area contributed by atoms with Crippen molar-refractivity contribution in [3.8, 4) is 0 Å². The van der Waals surface area contributed by atoms with Crippen molar-refractivity contribution in [1.82, 2.24) is 9.62 Å². The van der Waals surface area contributed by atoms with Crippen molar-refractivity contribution in [3.05, 3.63) is 35.4 Å². The lowest BCUT2D eigenvalue weighted by Gasteiger charge is -2.30. The van der Waals surface area contributed by atoms with E-state index in [1.165, 1.54) is 11.8 Å². The largest absolute Gasteiger partial charge is 0.352 e. The van der Waals surface area contributed by atoms with Gasteiger partial charge in [-0.2, -0.15) is 0 Å². The van der Waals surface area contributed by atoms with Crippen LogP contribution in [0.3, 0.4) is 0 Å². The topological polar surface area (TPSA) is 66.5 Å². The van der Waals surface area contributed by atoms with E-state index < -0.39 is 10.0 Å². The molecule has 2 rings (SSSR count). The van der Waals surface area contributed by atoms with Gasteiger partial charge in [-0.05, 0) is 55.2 Å². The molecule has 1 aliphatic rings. The number of piperidine rings is 1. The maximum Gasteiger partial charge on any atom is 0.251 e. The minimum absolute atomic E-state index is 0.0198. The number of benzene rings is 1. The minimum atomic E-state index is -3.06. The fourth-order valence-electron chi connectivity index (χ4n) is 3.15. The Labute approximate surface area is 151 Å². The van der Waals surface area contributed by atoms with E-state index in [1.54, 1.807) is 4.31 Å². The molecule has 1 N–H and O–H groups in total. The number of sulfonamides is 1. The molecule has 1 fully saturated rings. The Morgan fingerprint density at radius 3 is 2.32 bits per heavy atom. The summed E-state index contributed by atoms with van der Waals surface area (Å²) in [6, 6.07) is 7.79. The number of nitrogens with one attached hydrogen (secondary N) is 1. The maximum atomic E-state index is 12.1. The molecule has 0 unspecified atom stereocenters. The average Bonchev–Trinajstić information content (AvgIpc) is 2.55. The number of hydrogen-bond acceptors (Lipinski definition) is 3. The second kappa shape index (κ2) is 8.81. The van der Waals surface area contributed by atoms with E-state index in [9.17, 15) is 13.2 Å². The molecule has 1 aliphatic heterocycles. The number of hydrogen-bond donors (Lipinski definition) is 1. The zero-order valence-electron chi connectivity index (χ0n) is 15.5. The van der Waals surface area contributed by atoms with Crippen LogP contribution in [0.2, 0.25) is 0 Å². The van der Waals surface area contributed by atoms with Gasteiger partial charge in [-0.3, -0.25) is 4.79 Å². The van der Waals surface area contributed by atoms with E-state index in [-0.39, 0.29) is 5.91 Å². The molecule has 0 aromatic heterocycles. The van der Waals surface area contributed by atoms with Crippen LogP contribution in [0.4, 0.5) is 0 Å². The number of carbonyl (C=O) groups is 1. The molecular weight excluding hydrogens is 336 g/mol. The van der Waals surface area contributed by atoms with E-state index >= 15 is 0 Å². The zero-order valence-corrected chi connectivity index (χ0v) is 16.3. The summed E-state index contributed by atoms with van der Waals surface area (Å²) in [6.45, 7) is 6.21. The smallest absolute Gasteiger partial charge is 0.251 e. The quantitative estimate of drug-likeness (QED) is 0.807. The fourth-order valence-corrected chi connectivity index (χ4v) is 4.02. The predicted octanol–water partition coefficient (Wildman–Crippen LogP) is 2.68. The van der Waals surface area contributed by atoms with Crippen molar-refractivity contribution in [2.75, 3.05) is 25.9 Å². The van der Waals surface area contributed by atoms with Gasteiger partial charge < -0.3 is 5.32 Å². The van der Waals surface area contributed by atoms with Gasteiger partial charge in [0.25, 0.3) is 5.91 Å². The first kappa shape index (κ1) is 19.9. The highest BCUT2D eigenvalue weighted by molar-refractivity contribution is 7.88. The molecule has 0 atom stereocenters. The molecule has 1 aromatic rings. The molecule has 0 bridgehead atoms. The number of carbonyl (C=O) groups excluding carboxylic acids is 1. The van der Waals surface area contributed by atoms with Crippen LogP contribution < -0.4 is 5.32 Å². The van der Waals surface area contributed by atoms with Gasteiger partial charge in [0.05, 0.1) is 6.26 Å². The Morgan fingerprint density at radius 1 is 1.20 bits per heavy atom. The highest BCUT2D eigenvalue weighted by Gasteiger charge is 2.24. The van der Waals surface area contributed by atoms with Crippen molar-refractivity contribution < 1.29 is 13.2 Å². The van der Waals surface area contributed by atoms with Gasteiger partial charge in [0, 0.05) is 25.2 Å². The molecule has 1 saturated heterocycles. The minimum Gasteiger partial charge on any atom is -0.352 e. The van der Waals surface area contributed by atoms with E-state index in [2.05, 4.69) is 19.2 Å². The van der Waals surface area contributed by atoms with Crippen LogP contribution in [-0.4, -0.2) is 44.5 Å². The lowest BCUT2D eigenvalue weighted by molar-refractivity contribution is 0.0952. The molecule has 6 heteroatoms. The first-order valence-corrected chi connectivity index (χ1v) is 10.9. The Bertz CT molecular complexity index is 660. The van der Waals surface area contributed by atoms with Crippen LogP contribution in [0.15, 0.2) is 24.3 Å². The second-order valence-electron chi connectivity index (χ2n) is 7.44. The van der Waals surface area contributed by atoms with Gasteiger partial charge in [-0.1, -0.05) is 26.0 Å². The van der Waals surface area contributed by atoms with Gasteiger partial charge in [0.15, 0.2) is 0 Å². The molecule has 0 saturated carbocycles. The van der Waals surface area contributed by atoms with E-state index in [1.807, 2.05) is 24.3 Å². The van der Waals surface area contributed by atoms with Crippen LogP contribution in [0.25, 0.3) is 0 Å². The molecule has 25 heavy (non-hydrogen) atoms. The summed E-state index contributed by atoms with van der Waals surface area (Å²) in [5.74, 6) is 1.06. The highest BCUT2D eigenvalue weighted by Crippen LogP contribution is 2.23. The van der Waals surface area contributed by atoms with E-state index in [4.69, 9.17) is 0 Å². The molecule has 1 heterocycles. The van der Waals surface area contributed by atoms with Crippen molar-refractivity contribution in [1.29, 1.82) is 0 Å². The van der Waals surface area contributed by atoms with Crippen LogP contribution in [0.1, 0.15) is 49.0 Å². The third kappa shape index (κ3) is 6.44. The van der Waals surface area contributed by atoms with Gasteiger partial charge in [0.1, 0.15) is 0 Å². The number of nitrogens with zero attached hydrogens (tertiary/aromatic N) is 1. The molecule has 0 aliphatic carbocycles. The molecule has 0 spiro atoms. The standard InChI is InChI=1S/C19H30N2O3S/c1-15(2)8-11-20-19(22)18-6-4-16(5-7-18)14-17-9-12-21(13-10-17)25(3,23)24/h4-7,15,17H,8-14H2,1-3H3,(H,20,22). The molecule has 5 nitrogen and oxygen atoms in total. The first-order chi connectivity index (χ1) is 11.8.